The average Bonchev–Trinajstić information content (AvgIpc) is 3.65. The second-order valence-corrected chi connectivity index (χ2v) is 18.6. The van der Waals surface area contributed by atoms with E-state index in [0.717, 1.165) is 70.8 Å². The highest BCUT2D eigenvalue weighted by molar-refractivity contribution is 5.93. The molecule has 59 heavy (non-hydrogen) atoms. The van der Waals surface area contributed by atoms with Crippen LogP contribution < -0.4 is 5.32 Å². The van der Waals surface area contributed by atoms with Crippen LogP contribution in [0.15, 0.2) is 36.5 Å². The molecule has 0 bridgehead atoms. The lowest BCUT2D eigenvalue weighted by atomic mass is 9.93. The Morgan fingerprint density at radius 2 is 1.10 bits per heavy atom. The molecule has 1 saturated heterocycles. The molecule has 0 radical (unpaired) electrons. The van der Waals surface area contributed by atoms with Crippen LogP contribution in [0, 0.1) is 0 Å². The quantitative estimate of drug-likeness (QED) is 0.0502. The number of amides is 3. The second-order valence-electron chi connectivity index (χ2n) is 18.6. The number of nitrogens with zero attached hydrogens (tertiary/aromatic N) is 3. The second kappa shape index (κ2) is 35.0. The zero-order chi connectivity index (χ0) is 43.5. The minimum Gasteiger partial charge on any atom is -0.444 e. The highest BCUT2D eigenvalue weighted by atomic mass is 16.6. The van der Waals surface area contributed by atoms with E-state index in [4.69, 9.17) is 4.74 Å². The van der Waals surface area contributed by atoms with Gasteiger partial charge in [-0.3, -0.25) is 9.59 Å². The maximum Gasteiger partial charge on any atom is 0.410 e. The van der Waals surface area contributed by atoms with Gasteiger partial charge in [-0.05, 0) is 125 Å². The first kappa shape index (κ1) is 54.4. The van der Waals surface area contributed by atoms with E-state index in [2.05, 4.69) is 60.5 Å². The summed E-state index contributed by atoms with van der Waals surface area (Å²) in [6, 6.07) is 0. The average molecular weight is 827 g/mol. The summed E-state index contributed by atoms with van der Waals surface area (Å²) < 4.78 is 5.74. The molecular weight excluding hydrogens is 733 g/mol. The van der Waals surface area contributed by atoms with E-state index in [1.807, 2.05) is 39.8 Å². The number of rotatable bonds is 36. The summed E-state index contributed by atoms with van der Waals surface area (Å²) in [6.07, 6.45) is 44.9. The smallest absolute Gasteiger partial charge is 0.410 e. The van der Waals surface area contributed by atoms with Crippen LogP contribution in [-0.4, -0.2) is 90.6 Å². The van der Waals surface area contributed by atoms with Gasteiger partial charge in [0.2, 0.25) is 11.8 Å². The molecule has 3 amide bonds. The summed E-state index contributed by atoms with van der Waals surface area (Å²) in [7, 11) is 4.07. The van der Waals surface area contributed by atoms with Crippen LogP contribution >= 0.6 is 0 Å². The standard InChI is InChI=1S/C51H94N4O4/c1-8-10-12-14-16-18-20-22-24-26-28-30-32-34-36-38-42-52-48(57)51(41-45-54(46-51)49(58)59-50(3,4)5)55(44-39-43-53(6)7)47(56)40-37-35-33-31-29-27-25-23-21-19-17-15-13-11-9-2/h17,19,22-25H,8-16,18,20-21,26-46H2,1-7H3,(H,52,57)/b19-17-,24-22-,25-23-. The molecule has 1 N–H and O–H groups in total. The predicted molar refractivity (Wildman–Crippen MR) is 252 cm³/mol. The van der Waals surface area contributed by atoms with Crippen LogP contribution in [0.3, 0.4) is 0 Å². The highest BCUT2D eigenvalue weighted by Gasteiger charge is 2.52. The molecule has 0 spiro atoms. The molecule has 0 aromatic carbocycles. The van der Waals surface area contributed by atoms with Gasteiger partial charge in [-0.1, -0.05) is 140 Å². The van der Waals surface area contributed by atoms with E-state index in [1.165, 1.54) is 103 Å². The van der Waals surface area contributed by atoms with E-state index in [0.29, 0.717) is 32.5 Å². The Kier molecular flexibility index (Phi) is 32.3. The number of allylic oxidation sites excluding steroid dienone is 6. The van der Waals surface area contributed by atoms with Crippen molar-refractivity contribution in [1.82, 2.24) is 20.0 Å². The number of hydrogen-bond donors (Lipinski definition) is 1. The molecule has 1 fully saturated rings. The molecular formula is C51H94N4O4. The first-order valence-electron chi connectivity index (χ1n) is 24.6. The third kappa shape index (κ3) is 27.8. The van der Waals surface area contributed by atoms with Crippen molar-refractivity contribution in [2.75, 3.05) is 46.8 Å². The van der Waals surface area contributed by atoms with Gasteiger partial charge in [-0.15, -0.1) is 0 Å². The van der Waals surface area contributed by atoms with Crippen molar-refractivity contribution < 1.29 is 19.1 Å². The molecule has 1 heterocycles. The Morgan fingerprint density at radius 3 is 1.64 bits per heavy atom. The number of unbranched alkanes of at least 4 members (excludes halogenated alkanes) is 20. The van der Waals surface area contributed by atoms with E-state index < -0.39 is 17.2 Å². The molecule has 0 aromatic heterocycles. The lowest BCUT2D eigenvalue weighted by Gasteiger charge is -2.40. The summed E-state index contributed by atoms with van der Waals surface area (Å²) in [5.74, 6) is -0.109. The van der Waals surface area contributed by atoms with E-state index in [-0.39, 0.29) is 18.4 Å². The predicted octanol–water partition coefficient (Wildman–Crippen LogP) is 13.1. The Hall–Kier alpha value is -2.61. The number of carbonyl (C=O) groups is 3. The minimum atomic E-state index is -1.10. The number of hydrogen-bond acceptors (Lipinski definition) is 5. The largest absolute Gasteiger partial charge is 0.444 e. The third-order valence-electron chi connectivity index (χ3n) is 11.4. The van der Waals surface area contributed by atoms with Crippen LogP contribution in [0.5, 0.6) is 0 Å². The van der Waals surface area contributed by atoms with Crippen molar-refractivity contribution in [1.29, 1.82) is 0 Å². The molecule has 0 aromatic rings. The van der Waals surface area contributed by atoms with Gasteiger partial charge in [-0.25, -0.2) is 4.79 Å². The maximum absolute atomic E-state index is 14.3. The molecule has 8 nitrogen and oxygen atoms in total. The summed E-state index contributed by atoms with van der Waals surface area (Å²) in [6.45, 7) is 12.5. The molecule has 1 aliphatic rings. The lowest BCUT2D eigenvalue weighted by Crippen LogP contribution is -2.63. The van der Waals surface area contributed by atoms with Gasteiger partial charge in [0.1, 0.15) is 11.1 Å². The van der Waals surface area contributed by atoms with Crippen molar-refractivity contribution in [2.45, 2.75) is 226 Å². The number of likely N-dealkylation sites (tertiary alicyclic amines) is 1. The van der Waals surface area contributed by atoms with Gasteiger partial charge >= 0.3 is 6.09 Å². The zero-order valence-corrected chi connectivity index (χ0v) is 39.8. The van der Waals surface area contributed by atoms with Gasteiger partial charge < -0.3 is 24.8 Å². The van der Waals surface area contributed by atoms with Crippen molar-refractivity contribution in [3.63, 3.8) is 0 Å². The van der Waals surface area contributed by atoms with E-state index in [1.54, 1.807) is 4.90 Å². The first-order valence-corrected chi connectivity index (χ1v) is 24.6. The van der Waals surface area contributed by atoms with Gasteiger partial charge in [0.25, 0.3) is 0 Å². The molecule has 1 rings (SSSR count). The topological polar surface area (TPSA) is 82.2 Å². The van der Waals surface area contributed by atoms with Gasteiger partial charge in [0, 0.05) is 26.1 Å². The number of carbonyl (C=O) groups excluding carboxylic acids is 3. The van der Waals surface area contributed by atoms with Crippen LogP contribution in [0.1, 0.15) is 214 Å². The third-order valence-corrected chi connectivity index (χ3v) is 11.4. The molecule has 0 aliphatic carbocycles. The van der Waals surface area contributed by atoms with Crippen molar-refractivity contribution in [3.05, 3.63) is 36.5 Å². The Balaban J connectivity index is 2.69. The monoisotopic (exact) mass is 827 g/mol. The molecule has 342 valence electrons. The highest BCUT2D eigenvalue weighted by Crippen LogP contribution is 2.32. The normalized spacial score (nSPS) is 16.0. The lowest BCUT2D eigenvalue weighted by molar-refractivity contribution is -0.147. The number of ether oxygens (including phenoxy) is 1. The van der Waals surface area contributed by atoms with E-state index in [9.17, 15) is 14.4 Å². The van der Waals surface area contributed by atoms with Crippen molar-refractivity contribution in [3.8, 4) is 0 Å². The minimum absolute atomic E-state index is 0.0212. The fraction of sp³-hybridized carbons (Fsp3) is 0.824. The summed E-state index contributed by atoms with van der Waals surface area (Å²) >= 11 is 0. The fourth-order valence-electron chi connectivity index (χ4n) is 7.89. The molecule has 1 unspecified atom stereocenters. The Labute approximate surface area is 364 Å². The molecule has 8 heteroatoms. The SMILES string of the molecule is CCCCC/C=C\C/C=C\CCCCCCCC(=O)N(CCCN(C)C)C1(C(=O)NCCCCCCCC/C=C\CCCCCCCC)CCN(C(=O)OC(C)(C)C)C1. The summed E-state index contributed by atoms with van der Waals surface area (Å²) in [4.78, 5) is 47.4. The fourth-order valence-corrected chi connectivity index (χ4v) is 7.89. The van der Waals surface area contributed by atoms with Gasteiger partial charge in [0.05, 0.1) is 6.54 Å². The van der Waals surface area contributed by atoms with Gasteiger partial charge in [-0.2, -0.15) is 0 Å². The Bertz CT molecular complexity index is 1160. The van der Waals surface area contributed by atoms with Crippen LogP contribution in [0.4, 0.5) is 4.79 Å². The number of nitrogens with one attached hydrogen (secondary N) is 1. The van der Waals surface area contributed by atoms with Crippen LogP contribution in [-0.2, 0) is 14.3 Å². The van der Waals surface area contributed by atoms with Gasteiger partial charge in [0.15, 0.2) is 0 Å². The molecule has 0 saturated carbocycles. The van der Waals surface area contributed by atoms with Crippen LogP contribution in [0.25, 0.3) is 0 Å². The molecule has 1 aliphatic heterocycles. The summed E-state index contributed by atoms with van der Waals surface area (Å²) in [5, 5.41) is 3.24. The first-order chi connectivity index (χ1) is 28.5. The van der Waals surface area contributed by atoms with Crippen LogP contribution in [0.2, 0.25) is 0 Å². The van der Waals surface area contributed by atoms with E-state index >= 15 is 0 Å². The Morgan fingerprint density at radius 1 is 0.627 bits per heavy atom. The molecule has 1 atom stereocenters. The maximum atomic E-state index is 14.3. The van der Waals surface area contributed by atoms with Crippen molar-refractivity contribution in [2.24, 2.45) is 0 Å². The zero-order valence-electron chi connectivity index (χ0n) is 39.8. The van der Waals surface area contributed by atoms with Crippen molar-refractivity contribution >= 4 is 17.9 Å². The summed E-state index contributed by atoms with van der Waals surface area (Å²) in [5.41, 5.74) is -1.74.